The molecule has 1 aliphatic heterocycles. The first-order valence-corrected chi connectivity index (χ1v) is 9.62. The van der Waals surface area contributed by atoms with Crippen molar-refractivity contribution in [2.75, 3.05) is 19.5 Å². The van der Waals surface area contributed by atoms with Crippen LogP contribution in [0.15, 0.2) is 23.1 Å². The molecule has 3 rings (SSSR count). The van der Waals surface area contributed by atoms with Gasteiger partial charge in [-0.1, -0.05) is 0 Å². The van der Waals surface area contributed by atoms with Gasteiger partial charge in [0.05, 0.1) is 18.1 Å². The molecule has 7 nitrogen and oxygen atoms in total. The molecular weight excluding hydrogens is 351 g/mol. The largest absolute Gasteiger partial charge is 0.477 e. The number of carbonyl (C=O) groups is 1. The molecule has 0 saturated carbocycles. The molecule has 0 saturated heterocycles. The Morgan fingerprint density at radius 2 is 2.20 bits per heavy atom. The second kappa shape index (κ2) is 6.47. The molecule has 134 valence electrons. The van der Waals surface area contributed by atoms with E-state index in [4.69, 9.17) is 9.47 Å². The molecule has 25 heavy (non-hydrogen) atoms. The van der Waals surface area contributed by atoms with E-state index < -0.39 is 21.6 Å². The van der Waals surface area contributed by atoms with E-state index in [1.165, 1.54) is 16.8 Å². The van der Waals surface area contributed by atoms with Crippen molar-refractivity contribution in [3.63, 3.8) is 0 Å². The fourth-order valence-corrected chi connectivity index (χ4v) is 3.25. The zero-order chi connectivity index (χ0) is 18.2. The molecule has 1 aliphatic rings. The Morgan fingerprint density at radius 1 is 1.44 bits per heavy atom. The van der Waals surface area contributed by atoms with Crippen LogP contribution in [0.3, 0.4) is 0 Å². The van der Waals surface area contributed by atoms with E-state index in [0.717, 1.165) is 12.3 Å². The van der Waals surface area contributed by atoms with Crippen LogP contribution in [-0.2, 0) is 21.1 Å². The molecule has 0 N–H and O–H groups in total. The number of nitrogens with zero attached hydrogens (tertiary/aromatic N) is 2. The van der Waals surface area contributed by atoms with Crippen molar-refractivity contribution in [2.24, 2.45) is 0 Å². The van der Waals surface area contributed by atoms with Gasteiger partial charge in [-0.25, -0.2) is 22.3 Å². The number of hydrogen-bond donors (Lipinski definition) is 0. The Morgan fingerprint density at radius 3 is 2.84 bits per heavy atom. The van der Waals surface area contributed by atoms with Gasteiger partial charge in [0.1, 0.15) is 17.1 Å². The second-order valence-corrected chi connectivity index (χ2v) is 7.60. The molecule has 0 spiro atoms. The van der Waals surface area contributed by atoms with Crippen LogP contribution < -0.4 is 4.74 Å². The van der Waals surface area contributed by atoms with Crippen molar-refractivity contribution >= 4 is 15.8 Å². The first-order valence-electron chi connectivity index (χ1n) is 7.73. The van der Waals surface area contributed by atoms with Crippen LogP contribution >= 0.6 is 0 Å². The summed E-state index contributed by atoms with van der Waals surface area (Å²) in [4.78, 5) is 12.2. The van der Waals surface area contributed by atoms with E-state index in [2.05, 4.69) is 5.10 Å². The summed E-state index contributed by atoms with van der Waals surface area (Å²) in [7, 11) is -3.54. The molecule has 0 amide bonds. The van der Waals surface area contributed by atoms with Crippen LogP contribution in [0.4, 0.5) is 4.39 Å². The predicted molar refractivity (Wildman–Crippen MR) is 86.8 cm³/mol. The molecule has 2 heterocycles. The Hall–Kier alpha value is -2.42. The van der Waals surface area contributed by atoms with Crippen LogP contribution in [0.5, 0.6) is 5.88 Å². The Balaban J connectivity index is 2.17. The maximum Gasteiger partial charge on any atom is 0.345 e. The first-order chi connectivity index (χ1) is 11.8. The normalized spacial score (nSPS) is 13.9. The van der Waals surface area contributed by atoms with Gasteiger partial charge in [0.25, 0.3) is 0 Å². The zero-order valence-electron chi connectivity index (χ0n) is 13.8. The summed E-state index contributed by atoms with van der Waals surface area (Å²) in [5, 5.41) is 4.28. The summed E-state index contributed by atoms with van der Waals surface area (Å²) in [6.07, 6.45) is 1.71. The van der Waals surface area contributed by atoms with Gasteiger partial charge in [0, 0.05) is 24.8 Å². The minimum atomic E-state index is -3.54. The number of halogens is 1. The van der Waals surface area contributed by atoms with E-state index in [1.807, 2.05) is 0 Å². The van der Waals surface area contributed by atoms with E-state index >= 15 is 0 Å². The summed E-state index contributed by atoms with van der Waals surface area (Å²) in [5.41, 5.74) is 0.140. The van der Waals surface area contributed by atoms with Crippen LogP contribution in [0, 0.1) is 5.82 Å². The zero-order valence-corrected chi connectivity index (χ0v) is 14.6. The molecule has 0 bridgehead atoms. The quantitative estimate of drug-likeness (QED) is 0.768. The van der Waals surface area contributed by atoms with Crippen molar-refractivity contribution in [1.29, 1.82) is 0 Å². The summed E-state index contributed by atoms with van der Waals surface area (Å²) < 4.78 is 49.8. The average molecular weight is 368 g/mol. The number of benzene rings is 1. The third-order valence-electron chi connectivity index (χ3n) is 3.76. The fraction of sp³-hybridized carbons (Fsp3) is 0.375. The molecule has 9 heteroatoms. The highest BCUT2D eigenvalue weighted by Gasteiger charge is 2.30. The minimum Gasteiger partial charge on any atom is -0.477 e. The summed E-state index contributed by atoms with van der Waals surface area (Å²) in [6, 6.07) is 3.49. The van der Waals surface area contributed by atoms with E-state index in [9.17, 15) is 17.6 Å². The van der Waals surface area contributed by atoms with Crippen molar-refractivity contribution in [2.45, 2.75) is 24.8 Å². The first kappa shape index (κ1) is 17.4. The fourth-order valence-electron chi connectivity index (χ4n) is 2.62. The van der Waals surface area contributed by atoms with Gasteiger partial charge in [-0.15, -0.1) is 0 Å². The van der Waals surface area contributed by atoms with Crippen LogP contribution in [0.1, 0.15) is 23.7 Å². The van der Waals surface area contributed by atoms with E-state index in [1.54, 1.807) is 6.92 Å². The Kier molecular flexibility index (Phi) is 4.51. The summed E-state index contributed by atoms with van der Waals surface area (Å²) >= 11 is 0. The molecule has 0 unspecified atom stereocenters. The van der Waals surface area contributed by atoms with Crippen LogP contribution in [0.2, 0.25) is 0 Å². The number of rotatable bonds is 4. The molecule has 0 aliphatic carbocycles. The average Bonchev–Trinajstić information content (AvgIpc) is 2.93. The number of hydrogen-bond acceptors (Lipinski definition) is 6. The summed E-state index contributed by atoms with van der Waals surface area (Å²) in [6.45, 7) is 2.77. The highest BCUT2D eigenvalue weighted by Crippen LogP contribution is 2.35. The van der Waals surface area contributed by atoms with E-state index in [0.29, 0.717) is 19.6 Å². The highest BCUT2D eigenvalue weighted by molar-refractivity contribution is 7.90. The van der Waals surface area contributed by atoms with E-state index in [-0.39, 0.29) is 34.2 Å². The molecule has 0 atom stereocenters. The summed E-state index contributed by atoms with van der Waals surface area (Å²) in [5.74, 6) is -1.21. The lowest BCUT2D eigenvalue weighted by Crippen LogP contribution is -2.16. The van der Waals surface area contributed by atoms with Crippen LogP contribution in [0.25, 0.3) is 11.3 Å². The maximum absolute atomic E-state index is 14.6. The Labute approximate surface area is 144 Å². The number of sulfone groups is 1. The van der Waals surface area contributed by atoms with Gasteiger partial charge in [-0.2, -0.15) is 5.10 Å². The second-order valence-electron chi connectivity index (χ2n) is 5.59. The number of carbonyl (C=O) groups excluding carboxylic acids is 1. The maximum atomic E-state index is 14.6. The van der Waals surface area contributed by atoms with Gasteiger partial charge < -0.3 is 9.47 Å². The topological polar surface area (TPSA) is 87.5 Å². The number of fused-ring (bicyclic) bond motifs is 1. The van der Waals surface area contributed by atoms with Gasteiger partial charge in [0.15, 0.2) is 9.84 Å². The van der Waals surface area contributed by atoms with Crippen molar-refractivity contribution in [3.8, 4) is 17.1 Å². The lowest BCUT2D eigenvalue weighted by molar-refractivity contribution is 0.0520. The molecule has 0 radical (unpaired) electrons. The number of aromatic nitrogens is 2. The van der Waals surface area contributed by atoms with Crippen molar-refractivity contribution < 1.29 is 27.1 Å². The van der Waals surface area contributed by atoms with Crippen LogP contribution in [-0.4, -0.2) is 43.6 Å². The standard InChI is InChI=1S/C16H17FN2O5S/c1-3-23-16(20)13-14(18-19-7-4-8-24-15(13)19)11-6-5-10(9-12(11)17)25(2,21)22/h5-6,9H,3-4,7-8H2,1-2H3. The molecule has 1 aromatic carbocycles. The smallest absolute Gasteiger partial charge is 0.345 e. The monoisotopic (exact) mass is 368 g/mol. The third-order valence-corrected chi connectivity index (χ3v) is 4.87. The predicted octanol–water partition coefficient (Wildman–Crippen LogP) is 2.05. The lowest BCUT2D eigenvalue weighted by Gasteiger charge is -2.15. The van der Waals surface area contributed by atoms with Gasteiger partial charge in [0.2, 0.25) is 5.88 Å². The highest BCUT2D eigenvalue weighted by atomic mass is 32.2. The number of ether oxygens (including phenoxy) is 2. The van der Waals surface area contributed by atoms with Crippen molar-refractivity contribution in [1.82, 2.24) is 9.78 Å². The van der Waals surface area contributed by atoms with Gasteiger partial charge in [-0.05, 0) is 25.1 Å². The number of aryl methyl sites for hydroxylation is 1. The molecule has 2 aromatic rings. The Bertz CT molecular complexity index is 936. The van der Waals surface area contributed by atoms with Gasteiger partial charge in [-0.3, -0.25) is 0 Å². The third kappa shape index (κ3) is 3.23. The van der Waals surface area contributed by atoms with Gasteiger partial charge >= 0.3 is 5.97 Å². The molecule has 1 aromatic heterocycles. The molecule has 0 fully saturated rings. The number of esters is 1. The molecular formula is C16H17FN2O5S. The lowest BCUT2D eigenvalue weighted by atomic mass is 10.1. The van der Waals surface area contributed by atoms with Crippen molar-refractivity contribution in [3.05, 3.63) is 29.6 Å². The SMILES string of the molecule is CCOC(=O)c1c(-c2ccc(S(C)(=O)=O)cc2F)nn2c1OCCC2. The minimum absolute atomic E-state index is 0.0148.